The average Bonchev–Trinajstić information content (AvgIpc) is 2.82. The van der Waals surface area contributed by atoms with E-state index in [-0.39, 0.29) is 17.4 Å². The van der Waals surface area contributed by atoms with Gasteiger partial charge in [0, 0.05) is 0 Å². The molecule has 1 aromatic rings. The van der Waals surface area contributed by atoms with E-state index in [1.165, 1.54) is 6.33 Å². The number of nitrogens with zero attached hydrogens (tertiary/aromatic N) is 4. The van der Waals surface area contributed by atoms with E-state index >= 15 is 0 Å². The van der Waals surface area contributed by atoms with Crippen LogP contribution < -0.4 is 0 Å². The number of rotatable bonds is 1. The van der Waals surface area contributed by atoms with Crippen LogP contribution in [-0.4, -0.2) is 20.8 Å². The minimum atomic E-state index is -0.433. The Labute approximate surface area is 87.2 Å². The van der Waals surface area contributed by atoms with Crippen molar-refractivity contribution < 1.29 is 5.11 Å². The van der Waals surface area contributed by atoms with Gasteiger partial charge in [0.1, 0.15) is 12.1 Å². The van der Waals surface area contributed by atoms with E-state index in [4.69, 9.17) is 10.5 Å². The van der Waals surface area contributed by atoms with E-state index in [0.29, 0.717) is 0 Å². The quantitative estimate of drug-likeness (QED) is 0.726. The Morgan fingerprint density at radius 2 is 2.20 bits per heavy atom. The van der Waals surface area contributed by atoms with Crippen molar-refractivity contribution >= 4 is 0 Å². The lowest BCUT2D eigenvalue weighted by atomic mass is 10.2. The molecule has 0 amide bonds. The van der Waals surface area contributed by atoms with Crippen molar-refractivity contribution in [1.29, 1.82) is 10.5 Å². The third-order valence-corrected chi connectivity index (χ3v) is 2.81. The first-order valence-corrected chi connectivity index (χ1v) is 4.83. The van der Waals surface area contributed by atoms with Crippen molar-refractivity contribution in [3.63, 3.8) is 0 Å². The number of aromatic nitrogens is 2. The van der Waals surface area contributed by atoms with Crippen LogP contribution in [0.5, 0.6) is 0 Å². The SMILES string of the molecule is N#Cc1ncn([C@H]2CCC[C@@H]2O)c1C#N. The Kier molecular flexibility index (Phi) is 2.40. The minimum Gasteiger partial charge on any atom is -0.391 e. The third-order valence-electron chi connectivity index (χ3n) is 2.81. The summed E-state index contributed by atoms with van der Waals surface area (Å²) in [5, 5.41) is 27.4. The zero-order valence-corrected chi connectivity index (χ0v) is 8.09. The second-order valence-corrected chi connectivity index (χ2v) is 3.64. The smallest absolute Gasteiger partial charge is 0.176 e. The van der Waals surface area contributed by atoms with Crippen LogP contribution in [0.3, 0.4) is 0 Å². The zero-order chi connectivity index (χ0) is 10.8. The largest absolute Gasteiger partial charge is 0.391 e. The van der Waals surface area contributed by atoms with Gasteiger partial charge in [0.25, 0.3) is 0 Å². The van der Waals surface area contributed by atoms with Crippen molar-refractivity contribution in [1.82, 2.24) is 9.55 Å². The van der Waals surface area contributed by atoms with Crippen LogP contribution in [0.4, 0.5) is 0 Å². The molecule has 1 heterocycles. The summed E-state index contributed by atoms with van der Waals surface area (Å²) in [5.74, 6) is 0. The molecule has 1 saturated carbocycles. The summed E-state index contributed by atoms with van der Waals surface area (Å²) < 4.78 is 1.62. The first-order chi connectivity index (χ1) is 7.27. The maximum absolute atomic E-state index is 9.70. The van der Waals surface area contributed by atoms with Crippen molar-refractivity contribution in [3.05, 3.63) is 17.7 Å². The maximum atomic E-state index is 9.70. The van der Waals surface area contributed by atoms with E-state index in [0.717, 1.165) is 19.3 Å². The molecule has 2 rings (SSSR count). The topological polar surface area (TPSA) is 85.6 Å². The van der Waals surface area contributed by atoms with Gasteiger partial charge in [0.2, 0.25) is 0 Å². The van der Waals surface area contributed by atoms with Crippen molar-refractivity contribution in [2.45, 2.75) is 31.4 Å². The molecule has 1 aliphatic carbocycles. The van der Waals surface area contributed by atoms with Gasteiger partial charge in [-0.1, -0.05) is 0 Å². The molecule has 1 aromatic heterocycles. The summed E-state index contributed by atoms with van der Waals surface area (Å²) in [6.07, 6.45) is 3.55. The molecule has 1 aliphatic rings. The van der Waals surface area contributed by atoms with Crippen LogP contribution in [0.2, 0.25) is 0 Å². The van der Waals surface area contributed by atoms with E-state index < -0.39 is 6.10 Å². The van der Waals surface area contributed by atoms with Gasteiger partial charge in [0.15, 0.2) is 11.4 Å². The molecule has 0 unspecified atom stereocenters. The molecule has 0 bridgehead atoms. The molecule has 0 aliphatic heterocycles. The number of nitriles is 2. The third kappa shape index (κ3) is 1.47. The van der Waals surface area contributed by atoms with Crippen LogP contribution in [0.15, 0.2) is 6.33 Å². The van der Waals surface area contributed by atoms with Gasteiger partial charge in [-0.3, -0.25) is 0 Å². The monoisotopic (exact) mass is 202 g/mol. The fourth-order valence-electron chi connectivity index (χ4n) is 2.05. The van der Waals surface area contributed by atoms with Crippen LogP contribution >= 0.6 is 0 Å². The lowest BCUT2D eigenvalue weighted by Crippen LogP contribution is -2.18. The Balaban J connectivity index is 2.41. The zero-order valence-electron chi connectivity index (χ0n) is 8.09. The molecule has 5 nitrogen and oxygen atoms in total. The summed E-state index contributed by atoms with van der Waals surface area (Å²) in [7, 11) is 0. The van der Waals surface area contributed by atoms with E-state index in [9.17, 15) is 5.11 Å². The first kappa shape index (κ1) is 9.70. The van der Waals surface area contributed by atoms with E-state index in [1.54, 1.807) is 4.57 Å². The van der Waals surface area contributed by atoms with Gasteiger partial charge >= 0.3 is 0 Å². The maximum Gasteiger partial charge on any atom is 0.176 e. The van der Waals surface area contributed by atoms with Crippen molar-refractivity contribution in [2.75, 3.05) is 0 Å². The fourth-order valence-corrected chi connectivity index (χ4v) is 2.05. The van der Waals surface area contributed by atoms with Crippen molar-refractivity contribution in [3.8, 4) is 12.1 Å². The Bertz CT molecular complexity index is 451. The molecule has 0 radical (unpaired) electrons. The number of hydrogen-bond acceptors (Lipinski definition) is 4. The van der Waals surface area contributed by atoms with Gasteiger partial charge in [-0.15, -0.1) is 0 Å². The number of aliphatic hydroxyl groups excluding tert-OH is 1. The first-order valence-electron chi connectivity index (χ1n) is 4.83. The van der Waals surface area contributed by atoms with Crippen molar-refractivity contribution in [2.24, 2.45) is 0 Å². The normalized spacial score (nSPS) is 24.7. The van der Waals surface area contributed by atoms with Crippen LogP contribution in [0, 0.1) is 22.7 Å². The highest BCUT2D eigenvalue weighted by molar-refractivity contribution is 5.36. The van der Waals surface area contributed by atoms with Gasteiger partial charge in [-0.2, -0.15) is 10.5 Å². The highest BCUT2D eigenvalue weighted by atomic mass is 16.3. The number of aliphatic hydroxyl groups is 1. The molecule has 15 heavy (non-hydrogen) atoms. The van der Waals surface area contributed by atoms with Crippen LogP contribution in [0.1, 0.15) is 36.7 Å². The molecule has 1 N–H and O–H groups in total. The second-order valence-electron chi connectivity index (χ2n) is 3.64. The highest BCUT2D eigenvalue weighted by Gasteiger charge is 2.29. The van der Waals surface area contributed by atoms with Crippen LogP contribution in [0.25, 0.3) is 0 Å². The van der Waals surface area contributed by atoms with Gasteiger partial charge in [0.05, 0.1) is 18.5 Å². The van der Waals surface area contributed by atoms with E-state index in [2.05, 4.69) is 4.98 Å². The van der Waals surface area contributed by atoms with Crippen LogP contribution in [-0.2, 0) is 0 Å². The molecule has 2 atom stereocenters. The second kappa shape index (κ2) is 3.72. The predicted molar refractivity (Wildman–Crippen MR) is 50.6 cm³/mol. The molecule has 5 heteroatoms. The summed E-state index contributed by atoms with van der Waals surface area (Å²) >= 11 is 0. The summed E-state index contributed by atoms with van der Waals surface area (Å²) in [6.45, 7) is 0. The van der Waals surface area contributed by atoms with E-state index in [1.807, 2.05) is 12.1 Å². The number of hydrogen-bond donors (Lipinski definition) is 1. The van der Waals surface area contributed by atoms with Gasteiger partial charge in [-0.05, 0) is 19.3 Å². The summed E-state index contributed by atoms with van der Waals surface area (Å²) in [4.78, 5) is 3.85. The molecule has 1 fully saturated rings. The number of imidazole rings is 1. The van der Waals surface area contributed by atoms with Gasteiger partial charge in [-0.25, -0.2) is 4.98 Å². The molecular weight excluding hydrogens is 192 g/mol. The molecule has 0 aromatic carbocycles. The Morgan fingerprint density at radius 1 is 1.40 bits per heavy atom. The lowest BCUT2D eigenvalue weighted by Gasteiger charge is -2.16. The Morgan fingerprint density at radius 3 is 2.73 bits per heavy atom. The predicted octanol–water partition coefficient (Wildman–Crippen LogP) is 0.712. The molecular formula is C10H10N4O. The molecule has 0 saturated heterocycles. The standard InChI is InChI=1S/C10H10N4O/c11-4-7-9(5-12)14(6-13-7)8-2-1-3-10(8)15/h6,8,10,15H,1-3H2/t8-,10-/m0/s1. The summed E-state index contributed by atoms with van der Waals surface area (Å²) in [5.41, 5.74) is 0.389. The molecule has 76 valence electrons. The highest BCUT2D eigenvalue weighted by Crippen LogP contribution is 2.31. The average molecular weight is 202 g/mol. The minimum absolute atomic E-state index is 0.103. The fraction of sp³-hybridized carbons (Fsp3) is 0.500. The molecule has 0 spiro atoms. The van der Waals surface area contributed by atoms with Gasteiger partial charge < -0.3 is 9.67 Å². The Hall–Kier alpha value is -1.85. The lowest BCUT2D eigenvalue weighted by molar-refractivity contribution is 0.136. The summed E-state index contributed by atoms with van der Waals surface area (Å²) in [6, 6.07) is 3.73.